The van der Waals surface area contributed by atoms with Gasteiger partial charge in [-0.25, -0.2) is 0 Å². The van der Waals surface area contributed by atoms with Gasteiger partial charge in [0.25, 0.3) is 0 Å². The second-order valence-electron chi connectivity index (χ2n) is 8.28. The zero-order valence-electron chi connectivity index (χ0n) is 17.2. The number of anilines is 1. The number of carbonyl (C=O) groups excluding carboxylic acids is 3. The number of ether oxygens (including phenoxy) is 2. The number of hydrogen-bond acceptors (Lipinski definition) is 5. The van der Waals surface area contributed by atoms with E-state index in [-0.39, 0.29) is 23.8 Å². The zero-order valence-corrected chi connectivity index (χ0v) is 17.2. The third kappa shape index (κ3) is 5.23. The minimum absolute atomic E-state index is 0.00743. The Morgan fingerprint density at radius 1 is 1.10 bits per heavy atom. The molecule has 8 nitrogen and oxygen atoms in total. The molecule has 162 valence electrons. The molecule has 3 heterocycles. The van der Waals surface area contributed by atoms with Crippen LogP contribution in [0.4, 0.5) is 5.69 Å². The summed E-state index contributed by atoms with van der Waals surface area (Å²) in [5, 5.41) is 5.79. The van der Waals surface area contributed by atoms with Crippen molar-refractivity contribution in [3.8, 4) is 11.5 Å². The Morgan fingerprint density at radius 3 is 2.60 bits per heavy atom. The van der Waals surface area contributed by atoms with Gasteiger partial charge in [0.2, 0.25) is 17.7 Å². The van der Waals surface area contributed by atoms with Gasteiger partial charge in [-0.1, -0.05) is 0 Å². The highest BCUT2D eigenvalue weighted by Gasteiger charge is 2.28. The molecule has 0 radical (unpaired) electrons. The predicted octanol–water partition coefficient (Wildman–Crippen LogP) is 2.08. The van der Waals surface area contributed by atoms with Gasteiger partial charge in [0.05, 0.1) is 0 Å². The van der Waals surface area contributed by atoms with Gasteiger partial charge in [0, 0.05) is 50.1 Å². The van der Waals surface area contributed by atoms with E-state index < -0.39 is 0 Å². The van der Waals surface area contributed by atoms with Crippen molar-refractivity contribution in [2.24, 2.45) is 5.92 Å². The number of piperidine rings is 1. The molecule has 0 bridgehead atoms. The second kappa shape index (κ2) is 9.36. The lowest BCUT2D eigenvalue weighted by Gasteiger charge is -2.32. The highest BCUT2D eigenvalue weighted by atomic mass is 16.6. The van der Waals surface area contributed by atoms with Crippen molar-refractivity contribution in [3.05, 3.63) is 18.2 Å². The van der Waals surface area contributed by atoms with Gasteiger partial charge in [0.15, 0.2) is 11.5 Å². The molecule has 1 aromatic rings. The van der Waals surface area contributed by atoms with Crippen LogP contribution in [0.5, 0.6) is 11.5 Å². The lowest BCUT2D eigenvalue weighted by Crippen LogP contribution is -2.41. The lowest BCUT2D eigenvalue weighted by molar-refractivity contribution is -0.133. The Labute approximate surface area is 176 Å². The fraction of sp³-hybridized carbons (Fsp3) is 0.591. The molecule has 1 atom stereocenters. The van der Waals surface area contributed by atoms with Crippen molar-refractivity contribution in [1.29, 1.82) is 0 Å². The lowest BCUT2D eigenvalue weighted by atomic mass is 9.91. The Bertz CT molecular complexity index is 804. The van der Waals surface area contributed by atoms with Gasteiger partial charge in [-0.15, -0.1) is 0 Å². The van der Waals surface area contributed by atoms with Crippen molar-refractivity contribution < 1.29 is 23.9 Å². The van der Waals surface area contributed by atoms with Gasteiger partial charge < -0.3 is 25.0 Å². The van der Waals surface area contributed by atoms with Crippen molar-refractivity contribution in [2.45, 2.75) is 51.0 Å². The van der Waals surface area contributed by atoms with Gasteiger partial charge in [-0.05, 0) is 43.7 Å². The molecule has 0 saturated carbocycles. The van der Waals surface area contributed by atoms with E-state index in [4.69, 9.17) is 9.47 Å². The maximum absolute atomic E-state index is 12.4. The van der Waals surface area contributed by atoms with E-state index in [0.717, 1.165) is 38.8 Å². The summed E-state index contributed by atoms with van der Waals surface area (Å²) < 4.78 is 11.0. The Balaban J connectivity index is 1.16. The second-order valence-corrected chi connectivity index (χ2v) is 8.28. The minimum atomic E-state index is -0.0119. The molecule has 0 aromatic heterocycles. The summed E-state index contributed by atoms with van der Waals surface area (Å²) in [6.07, 6.45) is 4.78. The van der Waals surface area contributed by atoms with Gasteiger partial charge >= 0.3 is 0 Å². The molecule has 3 aliphatic rings. The topological polar surface area (TPSA) is 97.0 Å². The molecule has 3 aliphatic heterocycles. The predicted molar refractivity (Wildman–Crippen MR) is 110 cm³/mol. The summed E-state index contributed by atoms with van der Waals surface area (Å²) in [6, 6.07) is 5.42. The number of rotatable bonds is 6. The molecule has 8 heteroatoms. The largest absolute Gasteiger partial charge is 0.486 e. The monoisotopic (exact) mass is 415 g/mol. The zero-order chi connectivity index (χ0) is 20.9. The van der Waals surface area contributed by atoms with E-state index in [1.165, 1.54) is 0 Å². The Kier molecular flexibility index (Phi) is 6.40. The molecule has 4 rings (SSSR count). The first kappa shape index (κ1) is 20.5. The molecule has 0 aliphatic carbocycles. The number of amides is 3. The number of benzene rings is 1. The van der Waals surface area contributed by atoms with E-state index in [1.807, 2.05) is 17.0 Å². The molecule has 3 amide bonds. The van der Waals surface area contributed by atoms with Gasteiger partial charge in [-0.2, -0.15) is 0 Å². The maximum atomic E-state index is 12.4. The first-order valence-corrected chi connectivity index (χ1v) is 10.8. The number of likely N-dealkylation sites (tertiary alicyclic amines) is 1. The van der Waals surface area contributed by atoms with Crippen LogP contribution in [0.15, 0.2) is 18.2 Å². The molecular weight excluding hydrogens is 386 g/mol. The van der Waals surface area contributed by atoms with Crippen molar-refractivity contribution in [3.63, 3.8) is 0 Å². The van der Waals surface area contributed by atoms with Crippen LogP contribution in [0, 0.1) is 5.92 Å². The van der Waals surface area contributed by atoms with Gasteiger partial charge in [0.1, 0.15) is 13.2 Å². The standard InChI is InChI=1S/C22H29N3O5/c26-20(23-16-2-4-18-19(13-16)30-12-11-29-18)5-1-15-7-9-25(10-8-15)22(28)14-17-3-6-21(27)24-17/h2,4,13,15,17H,1,3,5-12,14H2,(H,23,26)(H,24,27)/t17-/m0/s1. The van der Waals surface area contributed by atoms with Crippen LogP contribution < -0.4 is 20.1 Å². The summed E-state index contributed by atoms with van der Waals surface area (Å²) >= 11 is 0. The number of nitrogens with one attached hydrogen (secondary N) is 2. The van der Waals surface area contributed by atoms with E-state index in [0.29, 0.717) is 55.6 Å². The maximum Gasteiger partial charge on any atom is 0.224 e. The SMILES string of the molecule is O=C(CCC1CCN(C(=O)C[C@@H]2CCC(=O)N2)CC1)Nc1ccc2c(c1)OCCO2. The van der Waals surface area contributed by atoms with Crippen LogP contribution in [0.25, 0.3) is 0 Å². The Hall–Kier alpha value is -2.77. The fourth-order valence-electron chi connectivity index (χ4n) is 4.32. The molecule has 2 fully saturated rings. The van der Waals surface area contributed by atoms with Crippen LogP contribution in [0.2, 0.25) is 0 Å². The first-order valence-electron chi connectivity index (χ1n) is 10.8. The first-order chi connectivity index (χ1) is 14.6. The highest BCUT2D eigenvalue weighted by Crippen LogP contribution is 2.32. The average molecular weight is 415 g/mol. The van der Waals surface area contributed by atoms with E-state index in [2.05, 4.69) is 10.6 Å². The molecule has 2 saturated heterocycles. The van der Waals surface area contributed by atoms with Crippen molar-refractivity contribution in [2.75, 3.05) is 31.6 Å². The number of carbonyl (C=O) groups is 3. The number of fused-ring (bicyclic) bond motifs is 1. The molecule has 0 spiro atoms. The van der Waals surface area contributed by atoms with Crippen LogP contribution >= 0.6 is 0 Å². The van der Waals surface area contributed by atoms with Crippen LogP contribution in [0.3, 0.4) is 0 Å². The van der Waals surface area contributed by atoms with Gasteiger partial charge in [-0.3, -0.25) is 14.4 Å². The third-order valence-electron chi connectivity index (χ3n) is 6.08. The van der Waals surface area contributed by atoms with Crippen molar-refractivity contribution >= 4 is 23.4 Å². The summed E-state index contributed by atoms with van der Waals surface area (Å²) in [5.74, 6) is 1.97. The van der Waals surface area contributed by atoms with Crippen molar-refractivity contribution in [1.82, 2.24) is 10.2 Å². The average Bonchev–Trinajstić information content (AvgIpc) is 3.17. The minimum Gasteiger partial charge on any atom is -0.486 e. The summed E-state index contributed by atoms with van der Waals surface area (Å²) in [5.41, 5.74) is 0.712. The number of hydrogen-bond donors (Lipinski definition) is 2. The smallest absolute Gasteiger partial charge is 0.224 e. The van der Waals surface area contributed by atoms with E-state index in [1.54, 1.807) is 6.07 Å². The van der Waals surface area contributed by atoms with E-state index >= 15 is 0 Å². The molecular formula is C22H29N3O5. The van der Waals surface area contributed by atoms with E-state index in [9.17, 15) is 14.4 Å². The fourth-order valence-corrected chi connectivity index (χ4v) is 4.32. The molecule has 30 heavy (non-hydrogen) atoms. The highest BCUT2D eigenvalue weighted by molar-refractivity contribution is 5.91. The Morgan fingerprint density at radius 2 is 1.87 bits per heavy atom. The summed E-state index contributed by atoms with van der Waals surface area (Å²) in [6.45, 7) is 2.52. The van der Waals surface area contributed by atoms with Crippen LogP contribution in [-0.2, 0) is 14.4 Å². The summed E-state index contributed by atoms with van der Waals surface area (Å²) in [7, 11) is 0. The molecule has 0 unspecified atom stereocenters. The third-order valence-corrected chi connectivity index (χ3v) is 6.08. The normalized spacial score (nSPS) is 21.3. The summed E-state index contributed by atoms with van der Waals surface area (Å²) in [4.78, 5) is 37.9. The van der Waals surface area contributed by atoms with Crippen LogP contribution in [0.1, 0.15) is 44.9 Å². The van der Waals surface area contributed by atoms with Crippen LogP contribution in [-0.4, -0.2) is 55.0 Å². The molecule has 2 N–H and O–H groups in total. The number of nitrogens with zero attached hydrogens (tertiary/aromatic N) is 1. The quantitative estimate of drug-likeness (QED) is 0.742. The molecule has 1 aromatic carbocycles.